The molecule has 0 spiro atoms. The van der Waals surface area contributed by atoms with Gasteiger partial charge in [-0.3, -0.25) is 14.9 Å². The van der Waals surface area contributed by atoms with Gasteiger partial charge >= 0.3 is 0 Å². The first-order valence-electron chi connectivity index (χ1n) is 5.39. The fourth-order valence-electron chi connectivity index (χ4n) is 1.34. The first kappa shape index (κ1) is 13.2. The number of hydrogen-bond donors (Lipinski definition) is 1. The molecule has 1 saturated heterocycles. The maximum Gasteiger partial charge on any atom is 0.269 e. The molecule has 0 aromatic heterocycles. The molecule has 19 heavy (non-hydrogen) atoms. The number of nitro groups is 1. The van der Waals surface area contributed by atoms with Gasteiger partial charge in [0, 0.05) is 12.1 Å². The SMILES string of the molecule is CC1SC(=NN=Cc2ccc([N+](=O)[O-])cc2)NC1=O. The Balaban J connectivity index is 2.01. The van der Waals surface area contributed by atoms with Gasteiger partial charge in [-0.25, -0.2) is 0 Å². The van der Waals surface area contributed by atoms with Crippen LogP contribution in [-0.4, -0.2) is 27.5 Å². The molecule has 1 fully saturated rings. The highest BCUT2D eigenvalue weighted by molar-refractivity contribution is 8.15. The molecule has 1 atom stereocenters. The number of non-ortho nitro benzene ring substituents is 1. The van der Waals surface area contributed by atoms with Crippen LogP contribution in [0.1, 0.15) is 12.5 Å². The number of hydrogen-bond acceptors (Lipinski definition) is 6. The lowest BCUT2D eigenvalue weighted by atomic mass is 10.2. The first-order chi connectivity index (χ1) is 9.06. The van der Waals surface area contributed by atoms with Crippen molar-refractivity contribution in [3.63, 3.8) is 0 Å². The van der Waals surface area contributed by atoms with E-state index >= 15 is 0 Å². The summed E-state index contributed by atoms with van der Waals surface area (Å²) in [6, 6.07) is 5.93. The van der Waals surface area contributed by atoms with E-state index in [1.165, 1.54) is 30.1 Å². The van der Waals surface area contributed by atoms with E-state index in [0.29, 0.717) is 10.7 Å². The predicted octanol–water partition coefficient (Wildman–Crippen LogP) is 1.54. The normalized spacial score (nSPS) is 21.0. The Labute approximate surface area is 112 Å². The van der Waals surface area contributed by atoms with Gasteiger partial charge in [-0.05, 0) is 24.6 Å². The minimum Gasteiger partial charge on any atom is -0.303 e. The Bertz CT molecular complexity index is 568. The molecule has 0 bridgehead atoms. The van der Waals surface area contributed by atoms with Crippen LogP contribution >= 0.6 is 11.8 Å². The predicted molar refractivity (Wildman–Crippen MR) is 73.3 cm³/mol. The van der Waals surface area contributed by atoms with Crippen LogP contribution in [0.25, 0.3) is 0 Å². The summed E-state index contributed by atoms with van der Waals surface area (Å²) in [5.74, 6) is -0.0886. The molecule has 8 heteroatoms. The van der Waals surface area contributed by atoms with Crippen LogP contribution in [0.2, 0.25) is 0 Å². The van der Waals surface area contributed by atoms with E-state index in [4.69, 9.17) is 0 Å². The van der Waals surface area contributed by atoms with Crippen LogP contribution in [0.3, 0.4) is 0 Å². The zero-order valence-electron chi connectivity index (χ0n) is 9.94. The van der Waals surface area contributed by atoms with Crippen molar-refractivity contribution >= 4 is 34.7 Å². The lowest BCUT2D eigenvalue weighted by Gasteiger charge is -1.92. The van der Waals surface area contributed by atoms with Gasteiger partial charge in [-0.2, -0.15) is 5.10 Å². The van der Waals surface area contributed by atoms with Crippen LogP contribution in [0, 0.1) is 10.1 Å². The number of amidine groups is 1. The summed E-state index contributed by atoms with van der Waals surface area (Å²) in [7, 11) is 0. The van der Waals surface area contributed by atoms with Crippen molar-refractivity contribution < 1.29 is 9.72 Å². The van der Waals surface area contributed by atoms with Gasteiger partial charge < -0.3 is 5.32 Å². The Hall–Kier alpha value is -2.22. The van der Waals surface area contributed by atoms with Crippen LogP contribution < -0.4 is 5.32 Å². The molecular formula is C11H10N4O3S. The van der Waals surface area contributed by atoms with Crippen molar-refractivity contribution in [2.45, 2.75) is 12.2 Å². The van der Waals surface area contributed by atoms with Crippen molar-refractivity contribution in [1.29, 1.82) is 0 Å². The van der Waals surface area contributed by atoms with Gasteiger partial charge in [-0.1, -0.05) is 11.8 Å². The maximum absolute atomic E-state index is 11.2. The third kappa shape index (κ3) is 3.38. The number of nitrogens with one attached hydrogen (secondary N) is 1. The van der Waals surface area contributed by atoms with E-state index in [-0.39, 0.29) is 16.8 Å². The summed E-state index contributed by atoms with van der Waals surface area (Å²) in [5.41, 5.74) is 0.716. The molecule has 98 valence electrons. The maximum atomic E-state index is 11.2. The van der Waals surface area contributed by atoms with Crippen LogP contribution in [0.5, 0.6) is 0 Å². The van der Waals surface area contributed by atoms with Gasteiger partial charge in [0.1, 0.15) is 0 Å². The van der Waals surface area contributed by atoms with Crippen molar-refractivity contribution in [2.75, 3.05) is 0 Å². The third-order valence-electron chi connectivity index (χ3n) is 2.35. The van der Waals surface area contributed by atoms with Gasteiger partial charge in [0.15, 0.2) is 5.17 Å². The Kier molecular flexibility index (Phi) is 3.91. The van der Waals surface area contributed by atoms with E-state index in [1.807, 2.05) is 0 Å². The summed E-state index contributed by atoms with van der Waals surface area (Å²) in [6.07, 6.45) is 1.46. The highest BCUT2D eigenvalue weighted by atomic mass is 32.2. The number of amides is 1. The zero-order chi connectivity index (χ0) is 13.8. The number of carbonyl (C=O) groups excluding carboxylic acids is 1. The summed E-state index contributed by atoms with van der Waals surface area (Å²) < 4.78 is 0. The van der Waals surface area contributed by atoms with E-state index < -0.39 is 4.92 Å². The molecular weight excluding hydrogens is 268 g/mol. The molecule has 7 nitrogen and oxygen atoms in total. The minimum atomic E-state index is -0.465. The molecule has 1 aliphatic heterocycles. The van der Waals surface area contributed by atoms with Crippen molar-refractivity contribution in [3.05, 3.63) is 39.9 Å². The second-order valence-corrected chi connectivity index (χ2v) is 5.08. The van der Waals surface area contributed by atoms with Crippen molar-refractivity contribution in [2.24, 2.45) is 10.2 Å². The van der Waals surface area contributed by atoms with E-state index in [2.05, 4.69) is 15.5 Å². The summed E-state index contributed by atoms with van der Waals surface area (Å²) >= 11 is 1.30. The zero-order valence-corrected chi connectivity index (χ0v) is 10.8. The molecule has 1 amide bonds. The fourth-order valence-corrected chi connectivity index (χ4v) is 2.09. The molecule has 0 radical (unpaired) electrons. The molecule has 1 aromatic carbocycles. The van der Waals surface area contributed by atoms with E-state index in [9.17, 15) is 14.9 Å². The fraction of sp³-hybridized carbons (Fsp3) is 0.182. The van der Waals surface area contributed by atoms with Gasteiger partial charge in [0.2, 0.25) is 5.91 Å². The third-order valence-corrected chi connectivity index (χ3v) is 3.32. The molecule has 1 aromatic rings. The first-order valence-corrected chi connectivity index (χ1v) is 6.27. The van der Waals surface area contributed by atoms with E-state index in [0.717, 1.165) is 0 Å². The van der Waals surface area contributed by atoms with E-state index in [1.54, 1.807) is 19.1 Å². The number of thioether (sulfide) groups is 1. The van der Waals surface area contributed by atoms with Gasteiger partial charge in [0.25, 0.3) is 5.69 Å². The largest absolute Gasteiger partial charge is 0.303 e. The lowest BCUT2D eigenvalue weighted by Crippen LogP contribution is -2.23. The topological polar surface area (TPSA) is 97.0 Å². The second-order valence-electron chi connectivity index (χ2n) is 3.75. The number of rotatable bonds is 3. The van der Waals surface area contributed by atoms with Crippen molar-refractivity contribution in [3.8, 4) is 0 Å². The van der Waals surface area contributed by atoms with Gasteiger partial charge in [0.05, 0.1) is 16.4 Å². The standard InChI is InChI=1S/C11H10N4O3S/c1-7-10(16)13-11(19-7)14-12-6-8-2-4-9(5-3-8)15(17)18/h2-7H,1H3,(H,13,14,16). The molecule has 1 N–H and O–H groups in total. The molecule has 0 aliphatic carbocycles. The van der Waals surface area contributed by atoms with Gasteiger partial charge in [-0.15, -0.1) is 5.10 Å². The molecule has 1 aliphatic rings. The Morgan fingerprint density at radius 3 is 2.63 bits per heavy atom. The smallest absolute Gasteiger partial charge is 0.269 e. The lowest BCUT2D eigenvalue weighted by molar-refractivity contribution is -0.384. The number of carbonyl (C=O) groups is 1. The molecule has 1 heterocycles. The Morgan fingerprint density at radius 1 is 1.42 bits per heavy atom. The number of nitrogens with zero attached hydrogens (tertiary/aromatic N) is 3. The second kappa shape index (κ2) is 5.61. The Morgan fingerprint density at radius 2 is 2.11 bits per heavy atom. The summed E-state index contributed by atoms with van der Waals surface area (Å²) in [4.78, 5) is 21.2. The van der Waals surface area contributed by atoms with Crippen molar-refractivity contribution in [1.82, 2.24) is 5.32 Å². The average Bonchev–Trinajstić information content (AvgIpc) is 2.69. The highest BCUT2D eigenvalue weighted by Gasteiger charge is 2.25. The van der Waals surface area contributed by atoms with Crippen LogP contribution in [0.4, 0.5) is 5.69 Å². The highest BCUT2D eigenvalue weighted by Crippen LogP contribution is 2.18. The monoisotopic (exact) mass is 278 g/mol. The number of nitro benzene ring substituents is 1. The average molecular weight is 278 g/mol. The molecule has 2 rings (SSSR count). The number of benzene rings is 1. The quantitative estimate of drug-likeness (QED) is 0.515. The molecule has 1 unspecified atom stereocenters. The minimum absolute atomic E-state index is 0.0240. The molecule has 0 saturated carbocycles. The summed E-state index contributed by atoms with van der Waals surface area (Å²) in [6.45, 7) is 1.78. The van der Waals surface area contributed by atoms with Crippen LogP contribution in [0.15, 0.2) is 34.5 Å². The summed E-state index contributed by atoms with van der Waals surface area (Å²) in [5, 5.41) is 21.0. The van der Waals surface area contributed by atoms with Crippen LogP contribution in [-0.2, 0) is 4.79 Å².